The molecule has 0 radical (unpaired) electrons. The van der Waals surface area contributed by atoms with E-state index in [0.29, 0.717) is 25.7 Å². The fourth-order valence-electron chi connectivity index (χ4n) is 3.29. The van der Waals surface area contributed by atoms with Crippen LogP contribution in [-0.2, 0) is 29.8 Å². The van der Waals surface area contributed by atoms with Crippen molar-refractivity contribution in [1.82, 2.24) is 4.31 Å². The van der Waals surface area contributed by atoms with Crippen LogP contribution >= 0.6 is 0 Å². The van der Waals surface area contributed by atoms with Gasteiger partial charge in [0.15, 0.2) is 0 Å². The molecule has 1 saturated heterocycles. The fraction of sp³-hybridized carbons (Fsp3) is 0.500. The molecule has 1 aromatic carbocycles. The van der Waals surface area contributed by atoms with Gasteiger partial charge in [-0.05, 0) is 43.4 Å². The molecule has 8 heteroatoms. The van der Waals surface area contributed by atoms with Crippen molar-refractivity contribution < 1.29 is 27.9 Å². The third kappa shape index (κ3) is 2.59. The third-order valence-electron chi connectivity index (χ3n) is 4.83. The van der Waals surface area contributed by atoms with Crippen LogP contribution in [-0.4, -0.2) is 49.5 Å². The zero-order valence-corrected chi connectivity index (χ0v) is 14.1. The first-order valence-electron chi connectivity index (χ1n) is 7.76. The molecule has 1 aromatic rings. The summed E-state index contributed by atoms with van der Waals surface area (Å²) in [4.78, 5) is 23.2. The van der Waals surface area contributed by atoms with Gasteiger partial charge in [-0.1, -0.05) is 12.1 Å². The number of carboxylic acid groups (broad SMARTS) is 1. The Labute approximate surface area is 140 Å². The van der Waals surface area contributed by atoms with Crippen LogP contribution in [0.3, 0.4) is 0 Å². The van der Waals surface area contributed by atoms with Gasteiger partial charge in [0.25, 0.3) is 0 Å². The molecule has 2 aliphatic rings. The summed E-state index contributed by atoms with van der Waals surface area (Å²) in [7, 11) is -2.53. The van der Waals surface area contributed by atoms with Crippen LogP contribution in [0.25, 0.3) is 0 Å². The highest BCUT2D eigenvalue weighted by Gasteiger charge is 2.52. The Morgan fingerprint density at radius 2 is 1.88 bits per heavy atom. The molecule has 1 saturated carbocycles. The number of carboxylic acids is 1. The number of aliphatic carboxylic acids is 1. The molecule has 0 amide bonds. The molecule has 2 fully saturated rings. The van der Waals surface area contributed by atoms with Gasteiger partial charge >= 0.3 is 11.9 Å². The van der Waals surface area contributed by atoms with E-state index < -0.39 is 27.4 Å². The van der Waals surface area contributed by atoms with Crippen molar-refractivity contribution in [2.75, 3.05) is 13.7 Å². The Morgan fingerprint density at radius 3 is 2.38 bits per heavy atom. The molecule has 1 N–H and O–H groups in total. The van der Waals surface area contributed by atoms with Crippen molar-refractivity contribution in [3.05, 3.63) is 29.8 Å². The maximum Gasteiger partial charge on any atom is 0.322 e. The summed E-state index contributed by atoms with van der Waals surface area (Å²) in [5.74, 6) is -1.45. The monoisotopic (exact) mass is 353 g/mol. The van der Waals surface area contributed by atoms with Crippen LogP contribution in [0.1, 0.15) is 31.2 Å². The molecule has 3 rings (SSSR count). The highest BCUT2D eigenvalue weighted by Crippen LogP contribution is 2.49. The van der Waals surface area contributed by atoms with Crippen molar-refractivity contribution in [2.45, 2.75) is 42.0 Å². The van der Waals surface area contributed by atoms with Gasteiger partial charge in [0.2, 0.25) is 10.0 Å². The van der Waals surface area contributed by atoms with E-state index >= 15 is 0 Å². The first-order chi connectivity index (χ1) is 11.3. The molecule has 0 unspecified atom stereocenters. The van der Waals surface area contributed by atoms with E-state index in [-0.39, 0.29) is 17.4 Å². The Balaban J connectivity index is 1.88. The van der Waals surface area contributed by atoms with Crippen LogP contribution in [0.2, 0.25) is 0 Å². The number of methoxy groups -OCH3 is 1. The van der Waals surface area contributed by atoms with E-state index in [1.807, 2.05) is 0 Å². The summed E-state index contributed by atoms with van der Waals surface area (Å²) >= 11 is 0. The molecule has 1 aliphatic carbocycles. The second-order valence-electron chi connectivity index (χ2n) is 6.21. The van der Waals surface area contributed by atoms with Crippen LogP contribution in [0.4, 0.5) is 0 Å². The molecular weight excluding hydrogens is 334 g/mol. The van der Waals surface area contributed by atoms with Crippen molar-refractivity contribution in [1.29, 1.82) is 0 Å². The van der Waals surface area contributed by atoms with Crippen LogP contribution < -0.4 is 0 Å². The van der Waals surface area contributed by atoms with E-state index in [0.717, 1.165) is 9.87 Å². The van der Waals surface area contributed by atoms with E-state index in [1.54, 1.807) is 12.1 Å². The largest absolute Gasteiger partial charge is 0.480 e. The van der Waals surface area contributed by atoms with Crippen LogP contribution in [0, 0.1) is 0 Å². The van der Waals surface area contributed by atoms with Crippen molar-refractivity contribution >= 4 is 22.0 Å². The van der Waals surface area contributed by atoms with Crippen molar-refractivity contribution in [3.63, 3.8) is 0 Å². The smallest absolute Gasteiger partial charge is 0.322 e. The maximum absolute atomic E-state index is 12.7. The van der Waals surface area contributed by atoms with Gasteiger partial charge in [0.05, 0.1) is 17.4 Å². The predicted octanol–water partition coefficient (Wildman–Crippen LogP) is 1.13. The van der Waals surface area contributed by atoms with Gasteiger partial charge in [-0.25, -0.2) is 8.42 Å². The van der Waals surface area contributed by atoms with E-state index in [4.69, 9.17) is 4.74 Å². The van der Waals surface area contributed by atoms with Gasteiger partial charge in [0.1, 0.15) is 6.04 Å². The lowest BCUT2D eigenvalue weighted by atomic mass is 9.96. The van der Waals surface area contributed by atoms with Crippen molar-refractivity contribution in [2.24, 2.45) is 0 Å². The van der Waals surface area contributed by atoms with Crippen molar-refractivity contribution in [3.8, 4) is 0 Å². The zero-order chi connectivity index (χ0) is 17.5. The minimum Gasteiger partial charge on any atom is -0.480 e. The number of carbonyl (C=O) groups is 2. The van der Waals surface area contributed by atoms with Gasteiger partial charge in [0, 0.05) is 6.54 Å². The summed E-state index contributed by atoms with van der Waals surface area (Å²) in [6.07, 6.45) is 2.20. The number of hydrogen-bond acceptors (Lipinski definition) is 5. The Morgan fingerprint density at radius 1 is 1.25 bits per heavy atom. The summed E-state index contributed by atoms with van der Waals surface area (Å²) in [6.45, 7) is 0.202. The normalized spacial score (nSPS) is 23.0. The van der Waals surface area contributed by atoms with E-state index in [2.05, 4.69) is 0 Å². The Hall–Kier alpha value is -1.93. The lowest BCUT2D eigenvalue weighted by Gasteiger charge is -2.21. The second kappa shape index (κ2) is 5.86. The Bertz CT molecular complexity index is 766. The standard InChI is InChI=1S/C16H19NO6S/c1-23-15(20)16(8-9-16)11-4-6-12(7-5-11)24(21,22)17-10-2-3-13(17)14(18)19/h4-7,13H,2-3,8-10H2,1H3,(H,18,19)/t13-/m1/s1. The predicted molar refractivity (Wildman–Crippen MR) is 83.9 cm³/mol. The molecule has 7 nitrogen and oxygen atoms in total. The zero-order valence-electron chi connectivity index (χ0n) is 13.3. The number of rotatable bonds is 5. The summed E-state index contributed by atoms with van der Waals surface area (Å²) in [5, 5.41) is 9.18. The fourth-order valence-corrected chi connectivity index (χ4v) is 4.94. The molecule has 0 spiro atoms. The number of carbonyl (C=O) groups excluding carboxylic acids is 1. The molecule has 24 heavy (non-hydrogen) atoms. The molecule has 0 aromatic heterocycles. The number of ether oxygens (including phenoxy) is 1. The Kier molecular flexibility index (Phi) is 4.13. The van der Waals surface area contributed by atoms with Crippen LogP contribution in [0.15, 0.2) is 29.2 Å². The number of sulfonamides is 1. The lowest BCUT2D eigenvalue weighted by Crippen LogP contribution is -2.40. The maximum atomic E-state index is 12.7. The molecule has 1 heterocycles. The molecule has 1 atom stereocenters. The number of hydrogen-bond donors (Lipinski definition) is 1. The van der Waals surface area contributed by atoms with E-state index in [1.165, 1.54) is 19.2 Å². The first-order valence-corrected chi connectivity index (χ1v) is 9.20. The topological polar surface area (TPSA) is 101 Å². The molecular formula is C16H19NO6S. The van der Waals surface area contributed by atoms with Gasteiger partial charge in [-0.15, -0.1) is 0 Å². The second-order valence-corrected chi connectivity index (χ2v) is 8.10. The quantitative estimate of drug-likeness (QED) is 0.796. The van der Waals surface area contributed by atoms with Gasteiger partial charge < -0.3 is 9.84 Å². The molecule has 0 bridgehead atoms. The van der Waals surface area contributed by atoms with Gasteiger partial charge in [-0.2, -0.15) is 4.31 Å². The first kappa shape index (κ1) is 16.9. The highest BCUT2D eigenvalue weighted by atomic mass is 32.2. The SMILES string of the molecule is COC(=O)C1(c2ccc(S(=O)(=O)N3CCC[C@@H]3C(=O)O)cc2)CC1. The summed E-state index contributed by atoms with van der Waals surface area (Å²) in [5.41, 5.74) is 0.0679. The highest BCUT2D eigenvalue weighted by molar-refractivity contribution is 7.89. The molecule has 1 aliphatic heterocycles. The molecule has 130 valence electrons. The summed E-state index contributed by atoms with van der Waals surface area (Å²) in [6, 6.07) is 5.08. The lowest BCUT2D eigenvalue weighted by molar-refractivity contribution is -0.143. The summed E-state index contributed by atoms with van der Waals surface area (Å²) < 4.78 is 31.2. The minimum absolute atomic E-state index is 0.0417. The third-order valence-corrected chi connectivity index (χ3v) is 6.75. The van der Waals surface area contributed by atoms with Gasteiger partial charge in [-0.3, -0.25) is 9.59 Å². The average molecular weight is 353 g/mol. The van der Waals surface area contributed by atoms with Crippen LogP contribution in [0.5, 0.6) is 0 Å². The average Bonchev–Trinajstić information content (AvgIpc) is 3.22. The minimum atomic E-state index is -3.86. The van der Waals surface area contributed by atoms with E-state index in [9.17, 15) is 23.1 Å². The number of nitrogens with zero attached hydrogens (tertiary/aromatic N) is 1. The number of benzene rings is 1. The number of esters is 1.